The number of carboxylic acids is 1. The second-order valence-corrected chi connectivity index (χ2v) is 6.09. The van der Waals surface area contributed by atoms with Crippen LogP contribution in [0, 0.1) is 41.7 Å². The van der Waals surface area contributed by atoms with Gasteiger partial charge in [0, 0.05) is 6.42 Å². The molecule has 0 aromatic carbocycles. The number of hydrogen-bond donors (Lipinski definition) is 1. The van der Waals surface area contributed by atoms with Crippen LogP contribution in [-0.4, -0.2) is 11.1 Å². The zero-order valence-electron chi connectivity index (χ0n) is 15.0. The zero-order chi connectivity index (χ0) is 14.9. The van der Waals surface area contributed by atoms with E-state index >= 15 is 0 Å². The summed E-state index contributed by atoms with van der Waals surface area (Å²) < 4.78 is 0. The van der Waals surface area contributed by atoms with Crippen LogP contribution in [0.4, 0.5) is 0 Å². The molecule has 23 heavy (non-hydrogen) atoms. The molecule has 0 unspecified atom stereocenters. The van der Waals surface area contributed by atoms with Crippen molar-refractivity contribution < 1.29 is 62.6 Å². The van der Waals surface area contributed by atoms with Crippen LogP contribution < -0.4 is 0 Å². The van der Waals surface area contributed by atoms with E-state index in [2.05, 4.69) is 6.92 Å². The van der Waals surface area contributed by atoms with E-state index in [1.165, 1.54) is 83.5 Å². The van der Waals surface area contributed by atoms with Crippen molar-refractivity contribution in [2.75, 3.05) is 0 Å². The minimum atomic E-state index is -0.653. The zero-order valence-corrected chi connectivity index (χ0v) is 18.1. The summed E-state index contributed by atoms with van der Waals surface area (Å²) in [5, 5.41) is 8.52. The van der Waals surface area contributed by atoms with Gasteiger partial charge in [-0.15, -0.1) is 0 Å². The van der Waals surface area contributed by atoms with Crippen molar-refractivity contribution in [1.82, 2.24) is 0 Å². The molecule has 0 aliphatic heterocycles. The van der Waals surface area contributed by atoms with E-state index in [4.69, 9.17) is 5.11 Å². The van der Waals surface area contributed by atoms with E-state index in [1.807, 2.05) is 0 Å². The predicted molar refractivity (Wildman–Crippen MR) is 88.6 cm³/mol. The minimum Gasteiger partial charge on any atom is -2.00 e. The van der Waals surface area contributed by atoms with Crippen LogP contribution in [0.2, 0.25) is 0 Å². The molecular weight excluding hydrogens is 420 g/mol. The van der Waals surface area contributed by atoms with Crippen molar-refractivity contribution in [3.05, 3.63) is 0 Å². The summed E-state index contributed by atoms with van der Waals surface area (Å²) in [5.41, 5.74) is 0. The molecule has 0 saturated carbocycles. The third-order valence-electron chi connectivity index (χ3n) is 3.99. The Kier molecular flexibility index (Phi) is 37.8. The number of unbranched alkanes of at least 4 members (excludes halogenated alkanes) is 14. The minimum absolute atomic E-state index is 0. The number of carboxylic acid groups (broad SMARTS) is 1. The molecule has 0 rings (SSSR count). The van der Waals surface area contributed by atoms with Crippen LogP contribution in [0.25, 0.3) is 0 Å². The summed E-state index contributed by atoms with van der Waals surface area (Å²) in [5.74, 6) is -0.653. The van der Waals surface area contributed by atoms with Gasteiger partial charge in [-0.25, -0.2) is 0 Å². The second-order valence-electron chi connectivity index (χ2n) is 6.09. The van der Waals surface area contributed by atoms with Crippen molar-refractivity contribution in [1.29, 1.82) is 0 Å². The van der Waals surface area contributed by atoms with Gasteiger partial charge in [0.25, 0.3) is 0 Å². The number of carbonyl (C=O) groups is 1. The van der Waals surface area contributed by atoms with E-state index in [1.54, 1.807) is 0 Å². The number of hydrogen-bond acceptors (Lipinski definition) is 1. The van der Waals surface area contributed by atoms with E-state index in [0.717, 1.165) is 12.8 Å². The molecule has 0 aromatic heterocycles. The van der Waals surface area contributed by atoms with Gasteiger partial charge in [0.2, 0.25) is 0 Å². The maximum Gasteiger partial charge on any atom is 4.00 e. The van der Waals surface area contributed by atoms with Crippen molar-refractivity contribution in [3.8, 4) is 0 Å². The maximum atomic E-state index is 10.3. The third-order valence-corrected chi connectivity index (χ3v) is 3.99. The molecule has 0 fully saturated rings. The molecule has 0 aliphatic rings. The molecule has 0 radical (unpaired) electrons. The molecule has 0 saturated heterocycles. The topological polar surface area (TPSA) is 94.3 Å². The Hall–Kier alpha value is 0.767. The molecule has 4 nitrogen and oxygen atoms in total. The first-order valence-electron chi connectivity index (χ1n) is 8.99. The van der Waals surface area contributed by atoms with Gasteiger partial charge < -0.3 is 16.1 Å². The first kappa shape index (κ1) is 31.5. The second kappa shape index (κ2) is 27.6. The standard InChI is InChI=1S/C18H36O2.Ce.2O/c1-2-3-4-5-6-7-8-9-10-11-12-13-14-15-16-17-18(19)20;;;/h2-17H2,1H3,(H,19,20);;;/q;+4;2*-2. The van der Waals surface area contributed by atoms with Gasteiger partial charge in [-0.3, -0.25) is 4.79 Å². The van der Waals surface area contributed by atoms with Crippen LogP contribution >= 0.6 is 0 Å². The molecule has 0 spiro atoms. The Balaban J connectivity index is -0.000000602. The van der Waals surface area contributed by atoms with E-state index in [-0.39, 0.29) is 52.7 Å². The van der Waals surface area contributed by atoms with Gasteiger partial charge in [-0.05, 0) is 6.42 Å². The van der Waals surface area contributed by atoms with Gasteiger partial charge in [0.15, 0.2) is 0 Å². The van der Waals surface area contributed by atoms with Crippen LogP contribution in [0.15, 0.2) is 0 Å². The number of aliphatic carboxylic acids is 1. The van der Waals surface area contributed by atoms with Crippen molar-refractivity contribution in [2.45, 2.75) is 110 Å². The smallest absolute Gasteiger partial charge is 2.00 e. The normalized spacial score (nSPS) is 9.43. The van der Waals surface area contributed by atoms with Crippen LogP contribution in [-0.2, 0) is 15.7 Å². The fraction of sp³-hybridized carbons (Fsp3) is 0.944. The van der Waals surface area contributed by atoms with Crippen LogP contribution in [0.1, 0.15) is 110 Å². The largest absolute Gasteiger partial charge is 4.00 e. The summed E-state index contributed by atoms with van der Waals surface area (Å²) >= 11 is 0. The summed E-state index contributed by atoms with van der Waals surface area (Å²) in [6.45, 7) is 2.27. The van der Waals surface area contributed by atoms with E-state index in [0.29, 0.717) is 6.42 Å². The quantitative estimate of drug-likeness (QED) is 0.284. The van der Waals surface area contributed by atoms with Crippen molar-refractivity contribution in [2.24, 2.45) is 0 Å². The number of rotatable bonds is 16. The Morgan fingerprint density at radius 3 is 1.13 bits per heavy atom. The fourth-order valence-corrected chi connectivity index (χ4v) is 2.65. The molecule has 0 aliphatic carbocycles. The molecule has 0 heterocycles. The maximum absolute atomic E-state index is 10.3. The van der Waals surface area contributed by atoms with Crippen molar-refractivity contribution >= 4 is 5.97 Å². The van der Waals surface area contributed by atoms with E-state index in [9.17, 15) is 4.79 Å². The first-order valence-corrected chi connectivity index (χ1v) is 8.99. The average Bonchev–Trinajstić information content (AvgIpc) is 2.43. The van der Waals surface area contributed by atoms with Gasteiger partial charge >= 0.3 is 47.7 Å². The molecule has 0 bridgehead atoms. The summed E-state index contributed by atoms with van der Waals surface area (Å²) in [6, 6.07) is 0. The van der Waals surface area contributed by atoms with E-state index < -0.39 is 5.97 Å². The fourth-order valence-electron chi connectivity index (χ4n) is 2.65. The van der Waals surface area contributed by atoms with Gasteiger partial charge in [-0.1, -0.05) is 96.8 Å². The summed E-state index contributed by atoms with van der Waals surface area (Å²) in [4.78, 5) is 10.3. The van der Waals surface area contributed by atoms with Crippen LogP contribution in [0.5, 0.6) is 0 Å². The third kappa shape index (κ3) is 31.1. The Morgan fingerprint density at radius 2 is 0.870 bits per heavy atom. The Bertz CT molecular complexity index is 213. The van der Waals surface area contributed by atoms with Crippen molar-refractivity contribution in [3.63, 3.8) is 0 Å². The molecule has 1 N–H and O–H groups in total. The van der Waals surface area contributed by atoms with Gasteiger partial charge in [-0.2, -0.15) is 0 Å². The predicted octanol–water partition coefficient (Wildman–Crippen LogP) is 6.09. The Morgan fingerprint density at radius 1 is 0.609 bits per heavy atom. The van der Waals surface area contributed by atoms with Crippen LogP contribution in [0.3, 0.4) is 0 Å². The molecule has 136 valence electrons. The average molecular weight is 457 g/mol. The SMILES string of the molecule is CCCCCCCCCCCCCCCCCC(=O)O.[Ce+4].[O-2].[O-2]. The molecule has 0 aromatic rings. The molecule has 0 atom stereocenters. The van der Waals surface area contributed by atoms with Gasteiger partial charge in [0.05, 0.1) is 0 Å². The molecule has 5 heteroatoms. The summed E-state index contributed by atoms with van der Waals surface area (Å²) in [6.07, 6.45) is 20.2. The molecular formula is C18H36CeO4. The molecule has 0 amide bonds. The Labute approximate surface area is 177 Å². The summed E-state index contributed by atoms with van der Waals surface area (Å²) in [7, 11) is 0. The van der Waals surface area contributed by atoms with Gasteiger partial charge in [0.1, 0.15) is 0 Å². The monoisotopic (exact) mass is 456 g/mol. The first-order chi connectivity index (χ1) is 9.77.